The normalized spacial score (nSPS) is 24.8. The monoisotopic (exact) mass is 237 g/mol. The molecule has 0 N–H and O–H groups in total. The lowest BCUT2D eigenvalue weighted by Gasteiger charge is -2.35. The quantitative estimate of drug-likeness (QED) is 0.748. The first kappa shape index (κ1) is 12.0. The van der Waals surface area contributed by atoms with Crippen LogP contribution in [-0.2, 0) is 4.74 Å². The number of morpholine rings is 1. The summed E-state index contributed by atoms with van der Waals surface area (Å²) in [7, 11) is 0. The van der Waals surface area contributed by atoms with Crippen molar-refractivity contribution in [2.24, 2.45) is 0 Å². The van der Waals surface area contributed by atoms with Crippen LogP contribution in [0.4, 0.5) is 4.39 Å². The molecule has 0 bridgehead atoms. The molecule has 92 valence electrons. The van der Waals surface area contributed by atoms with Crippen LogP contribution in [-0.4, -0.2) is 36.1 Å². The Morgan fingerprint density at radius 1 is 1.29 bits per heavy atom. The van der Waals surface area contributed by atoms with Crippen LogP contribution in [0.2, 0.25) is 0 Å². The third-order valence-electron chi connectivity index (χ3n) is 2.81. The summed E-state index contributed by atoms with van der Waals surface area (Å²) >= 11 is 0. The lowest BCUT2D eigenvalue weighted by Crippen LogP contribution is -2.48. The fourth-order valence-corrected chi connectivity index (χ4v) is 2.15. The van der Waals surface area contributed by atoms with Crippen LogP contribution in [0.15, 0.2) is 24.3 Å². The van der Waals surface area contributed by atoms with Gasteiger partial charge in [-0.05, 0) is 26.0 Å². The van der Waals surface area contributed by atoms with Gasteiger partial charge >= 0.3 is 0 Å². The average Bonchev–Trinajstić information content (AvgIpc) is 2.27. The van der Waals surface area contributed by atoms with Crippen molar-refractivity contribution in [2.45, 2.75) is 26.1 Å². The largest absolute Gasteiger partial charge is 0.372 e. The van der Waals surface area contributed by atoms with Crippen molar-refractivity contribution in [3.05, 3.63) is 35.6 Å². The molecule has 1 aromatic rings. The van der Waals surface area contributed by atoms with Crippen molar-refractivity contribution in [3.63, 3.8) is 0 Å². The fourth-order valence-electron chi connectivity index (χ4n) is 2.15. The van der Waals surface area contributed by atoms with Crippen LogP contribution >= 0.6 is 0 Å². The second kappa shape index (κ2) is 4.84. The van der Waals surface area contributed by atoms with E-state index < -0.39 is 5.82 Å². The lowest BCUT2D eigenvalue weighted by molar-refractivity contribution is -0.0587. The summed E-state index contributed by atoms with van der Waals surface area (Å²) in [6.45, 7) is 4.85. The fraction of sp³-hybridized carbons (Fsp3) is 0.462. The predicted molar refractivity (Wildman–Crippen MR) is 62.3 cm³/mol. The van der Waals surface area contributed by atoms with Crippen LogP contribution in [0.25, 0.3) is 0 Å². The Morgan fingerprint density at radius 3 is 2.47 bits per heavy atom. The highest BCUT2D eigenvalue weighted by molar-refractivity contribution is 5.94. The van der Waals surface area contributed by atoms with E-state index >= 15 is 0 Å². The van der Waals surface area contributed by atoms with Gasteiger partial charge in [-0.2, -0.15) is 0 Å². The first-order valence-electron chi connectivity index (χ1n) is 5.77. The summed E-state index contributed by atoms with van der Waals surface area (Å²) in [5, 5.41) is 0. The van der Waals surface area contributed by atoms with Gasteiger partial charge in [0, 0.05) is 13.1 Å². The Kier molecular flexibility index (Phi) is 3.43. The van der Waals surface area contributed by atoms with Gasteiger partial charge in [-0.3, -0.25) is 4.79 Å². The standard InChI is InChI=1S/C13H16FNO2/c1-9-7-15(8-10(2)17-9)13(16)11-5-3-4-6-12(11)14/h3-6,9-10H,7-8H2,1-2H3/t9-,10-/m1/s1. The molecule has 0 unspecified atom stereocenters. The van der Waals surface area contributed by atoms with Gasteiger partial charge in [-0.25, -0.2) is 4.39 Å². The zero-order chi connectivity index (χ0) is 12.4. The maximum absolute atomic E-state index is 13.5. The number of hydrogen-bond acceptors (Lipinski definition) is 2. The van der Waals surface area contributed by atoms with Crippen molar-refractivity contribution in [3.8, 4) is 0 Å². The van der Waals surface area contributed by atoms with Gasteiger partial charge in [-0.15, -0.1) is 0 Å². The first-order chi connectivity index (χ1) is 8.08. The number of benzene rings is 1. The zero-order valence-corrected chi connectivity index (χ0v) is 10.0. The highest BCUT2D eigenvalue weighted by atomic mass is 19.1. The highest BCUT2D eigenvalue weighted by Crippen LogP contribution is 2.16. The predicted octanol–water partition coefficient (Wildman–Crippen LogP) is 2.08. The third kappa shape index (κ3) is 2.64. The second-order valence-electron chi connectivity index (χ2n) is 4.45. The molecule has 0 spiro atoms. The van der Waals surface area contributed by atoms with Gasteiger partial charge in [-0.1, -0.05) is 12.1 Å². The number of hydrogen-bond donors (Lipinski definition) is 0. The van der Waals surface area contributed by atoms with Gasteiger partial charge in [0.2, 0.25) is 0 Å². The van der Waals surface area contributed by atoms with E-state index in [1.165, 1.54) is 12.1 Å². The molecule has 1 heterocycles. The minimum absolute atomic E-state index is 0.00512. The maximum atomic E-state index is 13.5. The Bertz CT molecular complexity index is 412. The summed E-state index contributed by atoms with van der Waals surface area (Å²) in [4.78, 5) is 13.8. The summed E-state index contributed by atoms with van der Waals surface area (Å²) in [5.74, 6) is -0.727. The number of ether oxygens (including phenoxy) is 1. The smallest absolute Gasteiger partial charge is 0.257 e. The first-order valence-corrected chi connectivity index (χ1v) is 5.77. The number of nitrogens with zero attached hydrogens (tertiary/aromatic N) is 1. The number of halogens is 1. The molecule has 1 aliphatic heterocycles. The van der Waals surface area contributed by atoms with Gasteiger partial charge < -0.3 is 9.64 Å². The topological polar surface area (TPSA) is 29.5 Å². The molecule has 4 heteroatoms. The number of carbonyl (C=O) groups excluding carboxylic acids is 1. The van der Waals surface area contributed by atoms with E-state index in [1.807, 2.05) is 13.8 Å². The highest BCUT2D eigenvalue weighted by Gasteiger charge is 2.27. The SMILES string of the molecule is C[C@@H]1CN(C(=O)c2ccccc2F)C[C@@H](C)O1. The minimum Gasteiger partial charge on any atom is -0.372 e. The van der Waals surface area contributed by atoms with Gasteiger partial charge in [0.15, 0.2) is 0 Å². The number of amides is 1. The molecule has 3 nitrogen and oxygen atoms in total. The van der Waals surface area contributed by atoms with E-state index in [0.29, 0.717) is 13.1 Å². The van der Waals surface area contributed by atoms with Crippen LogP contribution in [0, 0.1) is 5.82 Å². The van der Waals surface area contributed by atoms with Gasteiger partial charge in [0.25, 0.3) is 5.91 Å². The molecule has 2 atom stereocenters. The van der Waals surface area contributed by atoms with Crippen LogP contribution in [0.3, 0.4) is 0 Å². The number of rotatable bonds is 1. The Morgan fingerprint density at radius 2 is 1.88 bits per heavy atom. The van der Waals surface area contributed by atoms with Gasteiger partial charge in [0.1, 0.15) is 5.82 Å². The van der Waals surface area contributed by atoms with Crippen LogP contribution in [0.1, 0.15) is 24.2 Å². The van der Waals surface area contributed by atoms with E-state index in [-0.39, 0.29) is 23.7 Å². The molecule has 1 amide bonds. The molecule has 1 saturated heterocycles. The van der Waals surface area contributed by atoms with E-state index in [1.54, 1.807) is 17.0 Å². The molecule has 1 aliphatic rings. The summed E-state index contributed by atoms with van der Waals surface area (Å²) in [6.07, 6.45) is -0.0102. The lowest BCUT2D eigenvalue weighted by atomic mass is 10.1. The Hall–Kier alpha value is -1.42. The van der Waals surface area contributed by atoms with Crippen molar-refractivity contribution in [2.75, 3.05) is 13.1 Å². The molecule has 2 rings (SSSR count). The van der Waals surface area contributed by atoms with E-state index in [4.69, 9.17) is 4.74 Å². The van der Waals surface area contributed by atoms with Gasteiger partial charge in [0.05, 0.1) is 17.8 Å². The molecule has 17 heavy (non-hydrogen) atoms. The zero-order valence-electron chi connectivity index (χ0n) is 10.0. The Balaban J connectivity index is 2.17. The molecule has 0 saturated carbocycles. The maximum Gasteiger partial charge on any atom is 0.257 e. The molecular weight excluding hydrogens is 221 g/mol. The molecule has 1 aromatic carbocycles. The molecule has 0 aromatic heterocycles. The van der Waals surface area contributed by atoms with E-state index in [2.05, 4.69) is 0 Å². The second-order valence-corrected chi connectivity index (χ2v) is 4.45. The molecule has 0 radical (unpaired) electrons. The Labute approximate surface area is 100 Å². The van der Waals surface area contributed by atoms with Crippen molar-refractivity contribution in [1.82, 2.24) is 4.90 Å². The number of carbonyl (C=O) groups is 1. The minimum atomic E-state index is -0.468. The van der Waals surface area contributed by atoms with Crippen molar-refractivity contribution < 1.29 is 13.9 Å². The van der Waals surface area contributed by atoms with E-state index in [9.17, 15) is 9.18 Å². The molecular formula is C13H16FNO2. The van der Waals surface area contributed by atoms with Crippen LogP contribution < -0.4 is 0 Å². The van der Waals surface area contributed by atoms with Crippen molar-refractivity contribution >= 4 is 5.91 Å². The summed E-state index contributed by atoms with van der Waals surface area (Å²) in [6, 6.07) is 6.07. The van der Waals surface area contributed by atoms with Crippen molar-refractivity contribution in [1.29, 1.82) is 0 Å². The summed E-state index contributed by atoms with van der Waals surface area (Å²) < 4.78 is 19.1. The molecule has 1 fully saturated rings. The van der Waals surface area contributed by atoms with E-state index in [0.717, 1.165) is 0 Å². The average molecular weight is 237 g/mol. The van der Waals surface area contributed by atoms with Crippen LogP contribution in [0.5, 0.6) is 0 Å². The summed E-state index contributed by atoms with van der Waals surface area (Å²) in [5.41, 5.74) is 0.133. The molecule has 0 aliphatic carbocycles. The third-order valence-corrected chi connectivity index (χ3v) is 2.81.